The highest BCUT2D eigenvalue weighted by Gasteiger charge is 2.15. The summed E-state index contributed by atoms with van der Waals surface area (Å²) in [7, 11) is 6.73. The Morgan fingerprint density at radius 1 is 0.680 bits per heavy atom. The van der Waals surface area contributed by atoms with Crippen LogP contribution in [0.4, 0.5) is 0 Å². The van der Waals surface area contributed by atoms with Crippen molar-refractivity contribution in [1.82, 2.24) is 0 Å². The van der Waals surface area contributed by atoms with E-state index in [9.17, 15) is 0 Å². The molecule has 0 fully saturated rings. The van der Waals surface area contributed by atoms with Gasteiger partial charge in [0.15, 0.2) is 0 Å². The predicted octanol–water partition coefficient (Wildman–Crippen LogP) is 4.53. The summed E-state index contributed by atoms with van der Waals surface area (Å²) in [6, 6.07) is 12.0. The first-order chi connectivity index (χ1) is 12.1. The molecule has 0 spiro atoms. The first kappa shape index (κ1) is 19.0. The number of hydrogen-bond donors (Lipinski definition) is 0. The lowest BCUT2D eigenvalue weighted by molar-refractivity contribution is 0.381. The second kappa shape index (κ2) is 9.21. The molecule has 0 atom stereocenters. The average molecular weight is 344 g/mol. The van der Waals surface area contributed by atoms with Crippen molar-refractivity contribution in [3.8, 4) is 23.0 Å². The van der Waals surface area contributed by atoms with Gasteiger partial charge in [0.25, 0.3) is 0 Å². The van der Waals surface area contributed by atoms with Gasteiger partial charge in [-0.3, -0.25) is 0 Å². The van der Waals surface area contributed by atoms with Crippen molar-refractivity contribution in [2.45, 2.75) is 26.2 Å². The number of hydrogen-bond acceptors (Lipinski definition) is 4. The van der Waals surface area contributed by atoms with Crippen LogP contribution >= 0.6 is 0 Å². The summed E-state index contributed by atoms with van der Waals surface area (Å²) in [6.07, 6.45) is 2.96. The minimum absolute atomic E-state index is 0.490. The van der Waals surface area contributed by atoms with Crippen LogP contribution in [0.5, 0.6) is 23.0 Å². The maximum Gasteiger partial charge on any atom is 0.125 e. The monoisotopic (exact) mass is 344 g/mol. The first-order valence-corrected chi connectivity index (χ1v) is 8.56. The van der Waals surface area contributed by atoms with Crippen molar-refractivity contribution in [3.63, 3.8) is 0 Å². The first-order valence-electron chi connectivity index (χ1n) is 8.56. The molecular weight excluding hydrogens is 316 g/mol. The molecule has 0 N–H and O–H groups in total. The van der Waals surface area contributed by atoms with Gasteiger partial charge in [0.1, 0.15) is 23.0 Å². The molecule has 25 heavy (non-hydrogen) atoms. The third kappa shape index (κ3) is 4.81. The van der Waals surface area contributed by atoms with Gasteiger partial charge < -0.3 is 18.9 Å². The zero-order valence-corrected chi connectivity index (χ0v) is 15.8. The highest BCUT2D eigenvalue weighted by atomic mass is 16.5. The second-order valence-corrected chi connectivity index (χ2v) is 6.04. The summed E-state index contributed by atoms with van der Waals surface area (Å²) in [5.74, 6) is 3.86. The van der Waals surface area contributed by atoms with E-state index >= 15 is 0 Å². The van der Waals surface area contributed by atoms with E-state index in [1.807, 2.05) is 24.3 Å². The number of rotatable bonds is 9. The van der Waals surface area contributed by atoms with E-state index in [1.165, 1.54) is 11.1 Å². The lowest BCUT2D eigenvalue weighted by Crippen LogP contribution is -2.09. The largest absolute Gasteiger partial charge is 0.497 e. The Bertz CT molecular complexity index is 624. The van der Waals surface area contributed by atoms with E-state index < -0.39 is 0 Å². The normalized spacial score (nSPS) is 10.6. The van der Waals surface area contributed by atoms with Crippen molar-refractivity contribution in [2.24, 2.45) is 5.92 Å². The minimum atomic E-state index is 0.490. The minimum Gasteiger partial charge on any atom is -0.497 e. The van der Waals surface area contributed by atoms with Crippen LogP contribution in [-0.4, -0.2) is 28.4 Å². The Kier molecular flexibility index (Phi) is 6.99. The van der Waals surface area contributed by atoms with E-state index in [4.69, 9.17) is 18.9 Å². The number of methoxy groups -OCH3 is 4. The molecule has 0 radical (unpaired) electrons. The summed E-state index contributed by atoms with van der Waals surface area (Å²) in [6.45, 7) is 2.22. The molecule has 0 aliphatic heterocycles. The van der Waals surface area contributed by atoms with E-state index in [2.05, 4.69) is 19.1 Å². The zero-order valence-electron chi connectivity index (χ0n) is 15.8. The average Bonchev–Trinajstić information content (AvgIpc) is 2.67. The lowest BCUT2D eigenvalue weighted by atomic mass is 9.89. The molecule has 136 valence electrons. The highest BCUT2D eigenvalue weighted by molar-refractivity contribution is 5.43. The molecular formula is C21H28O4. The standard InChI is InChI=1S/C21H28O4/c1-6-15(11-16-7-9-18(22-2)13-20(16)24-4)12-17-8-10-19(23-3)14-21(17)25-5/h7-10,13-15H,6,11-12H2,1-5H3. The third-order valence-electron chi connectivity index (χ3n) is 4.58. The Morgan fingerprint density at radius 2 is 1.12 bits per heavy atom. The van der Waals surface area contributed by atoms with Crippen LogP contribution in [0.2, 0.25) is 0 Å². The maximum atomic E-state index is 5.54. The van der Waals surface area contributed by atoms with Crippen molar-refractivity contribution in [2.75, 3.05) is 28.4 Å². The Morgan fingerprint density at radius 3 is 1.44 bits per heavy atom. The second-order valence-electron chi connectivity index (χ2n) is 6.04. The highest BCUT2D eigenvalue weighted by Crippen LogP contribution is 2.31. The van der Waals surface area contributed by atoms with Gasteiger partial charge in [0.05, 0.1) is 28.4 Å². The summed E-state index contributed by atoms with van der Waals surface area (Å²) < 4.78 is 21.6. The van der Waals surface area contributed by atoms with Gasteiger partial charge in [-0.2, -0.15) is 0 Å². The Labute approximate surface area is 150 Å². The van der Waals surface area contributed by atoms with Gasteiger partial charge >= 0.3 is 0 Å². The molecule has 0 aromatic heterocycles. The van der Waals surface area contributed by atoms with Gasteiger partial charge in [-0.15, -0.1) is 0 Å². The molecule has 0 aliphatic rings. The molecule has 4 heteroatoms. The SMILES string of the molecule is CCC(Cc1ccc(OC)cc1OC)Cc1ccc(OC)cc1OC. The van der Waals surface area contributed by atoms with Crippen LogP contribution in [0.25, 0.3) is 0 Å². The van der Waals surface area contributed by atoms with E-state index in [0.29, 0.717) is 5.92 Å². The molecule has 0 saturated heterocycles. The smallest absolute Gasteiger partial charge is 0.125 e. The summed E-state index contributed by atoms with van der Waals surface area (Å²) >= 11 is 0. The topological polar surface area (TPSA) is 36.9 Å². The van der Waals surface area contributed by atoms with Gasteiger partial charge in [0, 0.05) is 12.1 Å². The fraction of sp³-hybridized carbons (Fsp3) is 0.429. The fourth-order valence-corrected chi connectivity index (χ4v) is 3.02. The van der Waals surface area contributed by atoms with Crippen LogP contribution in [0, 0.1) is 5.92 Å². The molecule has 2 aromatic rings. The van der Waals surface area contributed by atoms with Gasteiger partial charge in [-0.1, -0.05) is 25.5 Å². The molecule has 2 aromatic carbocycles. The molecule has 4 nitrogen and oxygen atoms in total. The Balaban J connectivity index is 2.18. The van der Waals surface area contributed by atoms with Crippen molar-refractivity contribution in [1.29, 1.82) is 0 Å². The van der Waals surface area contributed by atoms with Gasteiger partial charge in [0.2, 0.25) is 0 Å². The summed E-state index contributed by atoms with van der Waals surface area (Å²) in [5.41, 5.74) is 2.39. The molecule has 2 rings (SSSR count). The fourth-order valence-electron chi connectivity index (χ4n) is 3.02. The van der Waals surface area contributed by atoms with Crippen molar-refractivity contribution < 1.29 is 18.9 Å². The van der Waals surface area contributed by atoms with E-state index in [1.54, 1.807) is 28.4 Å². The zero-order chi connectivity index (χ0) is 18.2. The molecule has 0 bridgehead atoms. The number of ether oxygens (including phenoxy) is 4. The molecule has 0 amide bonds. The van der Waals surface area contributed by atoms with Crippen molar-refractivity contribution >= 4 is 0 Å². The number of benzene rings is 2. The molecule has 0 unspecified atom stereocenters. The van der Waals surface area contributed by atoms with Crippen LogP contribution < -0.4 is 18.9 Å². The maximum absolute atomic E-state index is 5.54. The van der Waals surface area contributed by atoms with E-state index in [-0.39, 0.29) is 0 Å². The molecule has 0 heterocycles. The molecule has 0 saturated carbocycles. The lowest BCUT2D eigenvalue weighted by Gasteiger charge is -2.19. The van der Waals surface area contributed by atoms with Crippen LogP contribution in [0.3, 0.4) is 0 Å². The summed E-state index contributed by atoms with van der Waals surface area (Å²) in [4.78, 5) is 0. The quantitative estimate of drug-likeness (QED) is 0.669. The van der Waals surface area contributed by atoms with E-state index in [0.717, 1.165) is 42.3 Å². The predicted molar refractivity (Wildman–Crippen MR) is 100 cm³/mol. The third-order valence-corrected chi connectivity index (χ3v) is 4.58. The summed E-state index contributed by atoms with van der Waals surface area (Å²) in [5, 5.41) is 0. The van der Waals surface area contributed by atoms with Crippen molar-refractivity contribution in [3.05, 3.63) is 47.5 Å². The van der Waals surface area contributed by atoms with Gasteiger partial charge in [-0.05, 0) is 42.0 Å². The van der Waals surface area contributed by atoms with Gasteiger partial charge in [-0.25, -0.2) is 0 Å². The van der Waals surface area contributed by atoms with Crippen LogP contribution in [0.15, 0.2) is 36.4 Å². The van der Waals surface area contributed by atoms with Crippen LogP contribution in [-0.2, 0) is 12.8 Å². The van der Waals surface area contributed by atoms with Crippen LogP contribution in [0.1, 0.15) is 24.5 Å². The molecule has 0 aliphatic carbocycles. The Hall–Kier alpha value is -2.36.